The fraction of sp³-hybridized carbons (Fsp3) is 0.417. The zero-order chi connectivity index (χ0) is 23.0. The number of hydrogen-bond donors (Lipinski definition) is 1. The van der Waals surface area contributed by atoms with Crippen molar-refractivity contribution in [2.45, 2.75) is 39.5 Å². The van der Waals surface area contributed by atoms with Crippen molar-refractivity contribution in [2.24, 2.45) is 4.36 Å². The topological polar surface area (TPSA) is 85.7 Å². The lowest BCUT2D eigenvalue weighted by molar-refractivity contribution is 0.129. The number of fused-ring (bicyclic) bond motifs is 1. The number of halogens is 2. The van der Waals surface area contributed by atoms with Crippen LogP contribution >= 0.6 is 0 Å². The maximum Gasteiger partial charge on any atom is 0.162 e. The molecular weight excluding hydrogens is 462 g/mol. The minimum atomic E-state index is -2.20. The minimum absolute atomic E-state index is 0. The van der Waals surface area contributed by atoms with Crippen LogP contribution < -0.4 is 10.1 Å². The highest BCUT2D eigenvalue weighted by atomic mass is 32.2. The molecule has 0 amide bonds. The van der Waals surface area contributed by atoms with Gasteiger partial charge in [-0.05, 0) is 49.6 Å². The summed E-state index contributed by atoms with van der Waals surface area (Å²) < 4.78 is 56.1. The Morgan fingerprint density at radius 2 is 1.97 bits per heavy atom. The van der Waals surface area contributed by atoms with Crippen LogP contribution in [0.3, 0.4) is 0 Å². The molecule has 0 aliphatic carbocycles. The van der Waals surface area contributed by atoms with E-state index in [-0.39, 0.29) is 26.4 Å². The average Bonchev–Trinajstić information content (AvgIpc) is 3.38. The van der Waals surface area contributed by atoms with E-state index in [1.165, 1.54) is 24.5 Å². The van der Waals surface area contributed by atoms with Crippen LogP contribution in [0.5, 0.6) is 5.75 Å². The van der Waals surface area contributed by atoms with Crippen LogP contribution in [0.1, 0.15) is 25.8 Å². The van der Waals surface area contributed by atoms with Gasteiger partial charge in [-0.3, -0.25) is 0 Å². The molecule has 2 fully saturated rings. The van der Waals surface area contributed by atoms with Gasteiger partial charge in [0.25, 0.3) is 0 Å². The molecule has 1 N–H and O–H groups in total. The first kappa shape index (κ1) is 24.3. The third-order valence-electron chi connectivity index (χ3n) is 5.81. The molecule has 2 aromatic carbocycles. The lowest BCUT2D eigenvalue weighted by Crippen LogP contribution is -2.26. The van der Waals surface area contributed by atoms with Crippen molar-refractivity contribution in [1.82, 2.24) is 9.97 Å². The number of rotatable bonds is 5. The molecule has 34 heavy (non-hydrogen) atoms. The average molecular weight is 491 g/mol. The van der Waals surface area contributed by atoms with Crippen LogP contribution in [0.15, 0.2) is 41.0 Å². The number of aromatic nitrogens is 2. The normalized spacial score (nSPS) is 21.3. The smallest absolute Gasteiger partial charge is 0.162 e. The van der Waals surface area contributed by atoms with Crippen molar-refractivity contribution < 1.29 is 22.5 Å². The van der Waals surface area contributed by atoms with Gasteiger partial charge >= 0.3 is 0 Å². The second-order valence-corrected chi connectivity index (χ2v) is 10.9. The Bertz CT molecular complexity index is 1320. The van der Waals surface area contributed by atoms with Crippen molar-refractivity contribution >= 4 is 37.8 Å². The lowest BCUT2D eigenvalue weighted by atomic mass is 10.1. The van der Waals surface area contributed by atoms with E-state index in [2.05, 4.69) is 19.6 Å². The van der Waals surface area contributed by atoms with Crippen LogP contribution in [-0.2, 0) is 14.5 Å². The lowest BCUT2D eigenvalue weighted by Gasteiger charge is -2.18. The fourth-order valence-electron chi connectivity index (χ4n) is 4.17. The van der Waals surface area contributed by atoms with E-state index in [1.54, 1.807) is 6.07 Å². The molecule has 5 rings (SSSR count). The van der Waals surface area contributed by atoms with Gasteiger partial charge < -0.3 is 14.8 Å². The van der Waals surface area contributed by atoms with Gasteiger partial charge in [0.2, 0.25) is 0 Å². The molecule has 2 aliphatic heterocycles. The van der Waals surface area contributed by atoms with Crippen LogP contribution in [0.2, 0.25) is 0 Å². The molecule has 0 radical (unpaired) electrons. The van der Waals surface area contributed by atoms with E-state index in [0.29, 0.717) is 34.2 Å². The zero-order valence-electron chi connectivity index (χ0n) is 18.1. The molecule has 2 aliphatic rings. The number of aryl methyl sites for hydroxylation is 1. The van der Waals surface area contributed by atoms with E-state index < -0.39 is 27.8 Å². The number of benzene rings is 2. The quantitative estimate of drug-likeness (QED) is 0.511. The highest BCUT2D eigenvalue weighted by molar-refractivity contribution is 7.93. The van der Waals surface area contributed by atoms with Gasteiger partial charge in [0.05, 0.1) is 39.8 Å². The summed E-state index contributed by atoms with van der Waals surface area (Å²) in [5.74, 6) is 1.41. The van der Waals surface area contributed by atoms with E-state index in [9.17, 15) is 13.0 Å². The molecule has 2 saturated heterocycles. The Labute approximate surface area is 198 Å². The van der Waals surface area contributed by atoms with Gasteiger partial charge in [0.1, 0.15) is 23.7 Å². The Kier molecular flexibility index (Phi) is 6.99. The Balaban J connectivity index is 0.00000274. The molecule has 7 nitrogen and oxygen atoms in total. The highest BCUT2D eigenvalue weighted by Gasteiger charge is 2.30. The van der Waals surface area contributed by atoms with E-state index in [0.717, 1.165) is 23.8 Å². The van der Waals surface area contributed by atoms with Crippen molar-refractivity contribution in [3.63, 3.8) is 0 Å². The summed E-state index contributed by atoms with van der Waals surface area (Å²) in [6.45, 7) is 1.96. The highest BCUT2D eigenvalue weighted by Crippen LogP contribution is 2.35. The number of nitrogens with one attached hydrogen (secondary N) is 1. The SMILES string of the molecule is C.Cc1cc(N=S2(=O)CCCC2)cc2ncnc(Nc3ccc(F)cc3O[C@@H]3COC[C@H]3F)c12. The van der Waals surface area contributed by atoms with Crippen LogP contribution in [0.4, 0.5) is 26.0 Å². The summed E-state index contributed by atoms with van der Waals surface area (Å²) in [5.41, 5.74) is 2.58. The molecule has 3 heterocycles. The molecule has 0 saturated carbocycles. The number of alkyl halides is 1. The van der Waals surface area contributed by atoms with E-state index in [4.69, 9.17) is 9.47 Å². The Morgan fingerprint density at radius 1 is 1.18 bits per heavy atom. The summed E-state index contributed by atoms with van der Waals surface area (Å²) in [4.78, 5) is 8.73. The minimum Gasteiger partial charge on any atom is -0.483 e. The first-order valence-electron chi connectivity index (χ1n) is 10.8. The predicted molar refractivity (Wildman–Crippen MR) is 130 cm³/mol. The zero-order valence-corrected chi connectivity index (χ0v) is 18.9. The molecule has 10 heteroatoms. The molecule has 0 spiro atoms. The first-order chi connectivity index (χ1) is 15.9. The molecule has 0 bridgehead atoms. The van der Waals surface area contributed by atoms with Crippen molar-refractivity contribution in [2.75, 3.05) is 30.0 Å². The number of hydrogen-bond acceptors (Lipinski definition) is 7. The molecule has 3 aromatic rings. The number of anilines is 2. The molecule has 0 unspecified atom stereocenters. The van der Waals surface area contributed by atoms with Gasteiger partial charge in [0, 0.05) is 23.0 Å². The van der Waals surface area contributed by atoms with Gasteiger partial charge in [-0.1, -0.05) is 7.43 Å². The van der Waals surface area contributed by atoms with Crippen molar-refractivity contribution in [3.8, 4) is 5.75 Å². The number of ether oxygens (including phenoxy) is 2. The fourth-order valence-corrected chi connectivity index (χ4v) is 6.35. The van der Waals surface area contributed by atoms with Gasteiger partial charge in [-0.15, -0.1) is 0 Å². The molecule has 182 valence electrons. The standard InChI is InChI=1S/C23H24F2N4O3S.CH4/c1-14-8-16(29-33(30)6-2-3-7-33)10-19-22(14)23(27-13-26-19)28-18-5-4-15(24)9-20(18)32-21-12-31-11-17(21)25;/h4-5,8-10,13,17,21H,2-3,6-7,11-12H2,1H3,(H,26,27,28);1H4/t17-,21-;/m1./s1. The van der Waals surface area contributed by atoms with Gasteiger partial charge in [-0.2, -0.15) is 4.36 Å². The van der Waals surface area contributed by atoms with Crippen LogP contribution in [-0.4, -0.2) is 51.2 Å². The molecule has 2 atom stereocenters. The van der Waals surface area contributed by atoms with E-state index in [1.807, 2.05) is 13.0 Å². The maximum atomic E-state index is 14.0. The summed E-state index contributed by atoms with van der Waals surface area (Å²) in [6.07, 6.45) is 1.19. The monoisotopic (exact) mass is 490 g/mol. The predicted octanol–water partition coefficient (Wildman–Crippen LogP) is 5.47. The summed E-state index contributed by atoms with van der Waals surface area (Å²) >= 11 is 0. The van der Waals surface area contributed by atoms with Gasteiger partial charge in [-0.25, -0.2) is 23.0 Å². The first-order valence-corrected chi connectivity index (χ1v) is 12.7. The van der Waals surface area contributed by atoms with Crippen LogP contribution in [0, 0.1) is 12.7 Å². The van der Waals surface area contributed by atoms with Crippen LogP contribution in [0.25, 0.3) is 10.9 Å². The second kappa shape index (κ2) is 9.79. The largest absolute Gasteiger partial charge is 0.483 e. The van der Waals surface area contributed by atoms with Crippen molar-refractivity contribution in [1.29, 1.82) is 0 Å². The molecule has 1 aromatic heterocycles. The number of nitrogens with zero attached hydrogens (tertiary/aromatic N) is 3. The summed E-state index contributed by atoms with van der Waals surface area (Å²) in [6, 6.07) is 7.68. The summed E-state index contributed by atoms with van der Waals surface area (Å²) in [7, 11) is -2.20. The second-order valence-electron chi connectivity index (χ2n) is 8.33. The Morgan fingerprint density at radius 3 is 2.71 bits per heavy atom. The third-order valence-corrected chi connectivity index (χ3v) is 8.20. The van der Waals surface area contributed by atoms with Crippen molar-refractivity contribution in [3.05, 3.63) is 48.0 Å². The van der Waals surface area contributed by atoms with E-state index >= 15 is 0 Å². The Hall–Kier alpha value is -2.85. The third kappa shape index (κ3) is 4.97. The summed E-state index contributed by atoms with van der Waals surface area (Å²) in [5, 5.41) is 3.93. The maximum absolute atomic E-state index is 14.0. The van der Waals surface area contributed by atoms with Gasteiger partial charge in [0.15, 0.2) is 12.3 Å². The molecular formula is C24H28F2N4O3S.